The fourth-order valence-electron chi connectivity index (χ4n) is 1.31. The van der Waals surface area contributed by atoms with E-state index in [1.165, 1.54) is 0 Å². The molecule has 0 saturated heterocycles. The van der Waals surface area contributed by atoms with Crippen molar-refractivity contribution in [1.29, 1.82) is 0 Å². The lowest BCUT2D eigenvalue weighted by molar-refractivity contribution is 0.562. The maximum atomic E-state index is 13.3. The van der Waals surface area contributed by atoms with E-state index >= 15 is 0 Å². The highest BCUT2D eigenvalue weighted by molar-refractivity contribution is 6.30. The van der Waals surface area contributed by atoms with E-state index in [1.807, 2.05) is 7.05 Å². The second kappa shape index (κ2) is 6.78. The molecule has 0 bridgehead atoms. The molecule has 1 aromatic carbocycles. The van der Waals surface area contributed by atoms with Crippen LogP contribution in [0.5, 0.6) is 0 Å². The van der Waals surface area contributed by atoms with E-state index in [9.17, 15) is 8.78 Å². The Labute approximate surface area is 99.0 Å². The summed E-state index contributed by atoms with van der Waals surface area (Å²) in [6.45, 7) is 1.96. The van der Waals surface area contributed by atoms with Gasteiger partial charge in [-0.25, -0.2) is 8.78 Å². The highest BCUT2D eigenvalue weighted by Crippen LogP contribution is 2.19. The Hall–Kier alpha value is -0.710. The lowest BCUT2D eigenvalue weighted by atomic mass is 10.2. The van der Waals surface area contributed by atoms with Crippen molar-refractivity contribution in [3.8, 4) is 0 Å². The molecule has 0 fully saturated rings. The Balaban J connectivity index is 2.45. The smallest absolute Gasteiger partial charge is 0.142 e. The van der Waals surface area contributed by atoms with Crippen molar-refractivity contribution in [1.82, 2.24) is 10.6 Å². The summed E-state index contributed by atoms with van der Waals surface area (Å²) < 4.78 is 26.4. The van der Waals surface area contributed by atoms with Crippen LogP contribution in [0.2, 0.25) is 5.02 Å². The van der Waals surface area contributed by atoms with Gasteiger partial charge in [0.15, 0.2) is 0 Å². The zero-order valence-corrected chi connectivity index (χ0v) is 9.87. The molecule has 1 aromatic rings. The molecule has 2 nitrogen and oxygen atoms in total. The van der Waals surface area contributed by atoms with Crippen molar-refractivity contribution >= 4 is 11.6 Å². The van der Waals surface area contributed by atoms with Gasteiger partial charge in [-0.1, -0.05) is 11.6 Å². The van der Waals surface area contributed by atoms with Gasteiger partial charge in [-0.2, -0.15) is 0 Å². The van der Waals surface area contributed by atoms with Crippen LogP contribution in [0.4, 0.5) is 8.78 Å². The van der Waals surface area contributed by atoms with Crippen LogP contribution < -0.4 is 10.6 Å². The van der Waals surface area contributed by atoms with E-state index in [0.29, 0.717) is 12.1 Å². The largest absolute Gasteiger partial charge is 0.320 e. The Morgan fingerprint density at radius 2 is 1.94 bits per heavy atom. The van der Waals surface area contributed by atoms with Crippen LogP contribution in [-0.2, 0) is 6.54 Å². The second-order valence-corrected chi connectivity index (χ2v) is 3.90. The van der Waals surface area contributed by atoms with Gasteiger partial charge in [0.1, 0.15) is 11.6 Å². The molecular weight excluding hydrogens is 234 g/mol. The summed E-state index contributed by atoms with van der Waals surface area (Å²) in [5.41, 5.74) is 0.298. The molecule has 0 unspecified atom stereocenters. The third kappa shape index (κ3) is 4.04. The molecule has 0 aliphatic rings. The summed E-state index contributed by atoms with van der Waals surface area (Å²) in [4.78, 5) is 0. The minimum atomic E-state index is -0.588. The van der Waals surface area contributed by atoms with Crippen LogP contribution in [0, 0.1) is 11.6 Å². The average Bonchev–Trinajstić information content (AvgIpc) is 2.25. The number of hydrogen-bond donors (Lipinski definition) is 2. The molecule has 1 rings (SSSR count). The Bertz CT molecular complexity index is 345. The van der Waals surface area contributed by atoms with Crippen LogP contribution >= 0.6 is 11.6 Å². The van der Waals surface area contributed by atoms with Gasteiger partial charge < -0.3 is 10.6 Å². The summed E-state index contributed by atoms with van der Waals surface area (Å²) in [5.74, 6) is -1.07. The Kier molecular flexibility index (Phi) is 5.66. The molecule has 2 N–H and O–H groups in total. The lowest BCUT2D eigenvalue weighted by Crippen LogP contribution is -2.20. The van der Waals surface area contributed by atoms with E-state index in [4.69, 9.17) is 11.6 Å². The summed E-state index contributed by atoms with van der Waals surface area (Å²) in [6.07, 6.45) is 0.939. The first-order chi connectivity index (χ1) is 7.65. The third-order valence-corrected chi connectivity index (χ3v) is 2.47. The van der Waals surface area contributed by atoms with Crippen LogP contribution in [0.15, 0.2) is 12.1 Å². The number of nitrogens with one attached hydrogen (secondary N) is 2. The molecule has 90 valence electrons. The molecule has 0 aliphatic heterocycles. The first-order valence-corrected chi connectivity index (χ1v) is 5.51. The number of hydrogen-bond acceptors (Lipinski definition) is 2. The van der Waals surface area contributed by atoms with Crippen molar-refractivity contribution in [2.24, 2.45) is 0 Å². The van der Waals surface area contributed by atoms with Crippen molar-refractivity contribution in [3.63, 3.8) is 0 Å². The quantitative estimate of drug-likeness (QED) is 0.596. The maximum absolute atomic E-state index is 13.3. The fourth-order valence-corrected chi connectivity index (χ4v) is 1.46. The summed E-state index contributed by atoms with van der Waals surface area (Å²) >= 11 is 5.44. The van der Waals surface area contributed by atoms with Crippen LogP contribution in [0.25, 0.3) is 0 Å². The standard InChI is InChI=1S/C11H15ClF2N2/c1-15-3-2-4-16-7-8-5-11(14)9(12)6-10(8)13/h5-6,15-16H,2-4,7H2,1H3. The second-order valence-electron chi connectivity index (χ2n) is 3.49. The normalized spacial score (nSPS) is 10.8. The molecule has 5 heteroatoms. The zero-order chi connectivity index (χ0) is 12.0. The van der Waals surface area contributed by atoms with Gasteiger partial charge in [0.05, 0.1) is 5.02 Å². The van der Waals surface area contributed by atoms with E-state index in [2.05, 4.69) is 10.6 Å². The monoisotopic (exact) mass is 248 g/mol. The minimum Gasteiger partial charge on any atom is -0.320 e. The molecule has 0 radical (unpaired) electrons. The molecule has 0 aromatic heterocycles. The van der Waals surface area contributed by atoms with Gasteiger partial charge >= 0.3 is 0 Å². The van der Waals surface area contributed by atoms with Crippen molar-refractivity contribution in [2.75, 3.05) is 20.1 Å². The molecule has 16 heavy (non-hydrogen) atoms. The predicted molar refractivity (Wildman–Crippen MR) is 61.6 cm³/mol. The maximum Gasteiger partial charge on any atom is 0.142 e. The summed E-state index contributed by atoms with van der Waals surface area (Å²) in [6, 6.07) is 2.13. The topological polar surface area (TPSA) is 24.1 Å². The van der Waals surface area contributed by atoms with Gasteiger partial charge in [0, 0.05) is 12.1 Å². The highest BCUT2D eigenvalue weighted by Gasteiger charge is 2.07. The predicted octanol–water partition coefficient (Wildman–Crippen LogP) is 2.32. The lowest BCUT2D eigenvalue weighted by Gasteiger charge is -2.06. The third-order valence-electron chi connectivity index (χ3n) is 2.19. The van der Waals surface area contributed by atoms with Crippen LogP contribution in [0.3, 0.4) is 0 Å². The zero-order valence-electron chi connectivity index (χ0n) is 9.12. The number of halogens is 3. The van der Waals surface area contributed by atoms with Gasteiger partial charge in [0.25, 0.3) is 0 Å². The average molecular weight is 249 g/mol. The van der Waals surface area contributed by atoms with Crippen LogP contribution in [-0.4, -0.2) is 20.1 Å². The van der Waals surface area contributed by atoms with Gasteiger partial charge in [-0.3, -0.25) is 0 Å². The van der Waals surface area contributed by atoms with Gasteiger partial charge in [-0.15, -0.1) is 0 Å². The number of rotatable bonds is 6. The van der Waals surface area contributed by atoms with Gasteiger partial charge in [0.2, 0.25) is 0 Å². The summed E-state index contributed by atoms with van der Waals surface area (Å²) in [7, 11) is 1.87. The molecule has 0 spiro atoms. The SMILES string of the molecule is CNCCCNCc1cc(F)c(Cl)cc1F. The summed E-state index contributed by atoms with van der Waals surface area (Å²) in [5, 5.41) is 5.85. The first kappa shape index (κ1) is 13.4. The molecule has 0 atom stereocenters. The molecule has 0 aliphatic carbocycles. The highest BCUT2D eigenvalue weighted by atomic mass is 35.5. The van der Waals surface area contributed by atoms with Crippen molar-refractivity contribution < 1.29 is 8.78 Å². The van der Waals surface area contributed by atoms with E-state index in [-0.39, 0.29) is 5.02 Å². The molecular formula is C11H15ClF2N2. The molecule has 0 saturated carbocycles. The van der Waals surface area contributed by atoms with Crippen molar-refractivity contribution in [2.45, 2.75) is 13.0 Å². The molecule has 0 amide bonds. The van der Waals surface area contributed by atoms with E-state index < -0.39 is 11.6 Å². The Morgan fingerprint density at radius 3 is 2.62 bits per heavy atom. The van der Waals surface area contributed by atoms with E-state index in [1.54, 1.807) is 0 Å². The van der Waals surface area contributed by atoms with Crippen molar-refractivity contribution in [3.05, 3.63) is 34.4 Å². The fraction of sp³-hybridized carbons (Fsp3) is 0.455. The number of benzene rings is 1. The van der Waals surface area contributed by atoms with Crippen LogP contribution in [0.1, 0.15) is 12.0 Å². The van der Waals surface area contributed by atoms with E-state index in [0.717, 1.165) is 31.6 Å². The first-order valence-electron chi connectivity index (χ1n) is 5.14. The minimum absolute atomic E-state index is 0.184. The Morgan fingerprint density at radius 1 is 1.19 bits per heavy atom. The molecule has 0 heterocycles. The van der Waals surface area contributed by atoms with Gasteiger partial charge in [-0.05, 0) is 38.7 Å².